The van der Waals surface area contributed by atoms with Crippen molar-refractivity contribution in [3.63, 3.8) is 0 Å². The second kappa shape index (κ2) is 6.72. The van der Waals surface area contributed by atoms with E-state index in [2.05, 4.69) is 0 Å². The van der Waals surface area contributed by atoms with Gasteiger partial charge in [0.15, 0.2) is 5.56 Å². The molecule has 5 nitrogen and oxygen atoms in total. The Morgan fingerprint density at radius 3 is 2.46 bits per heavy atom. The number of aromatic hydroxyl groups is 1. The molecule has 0 aliphatic carbocycles. The molecule has 0 unspecified atom stereocenters. The fourth-order valence-electron chi connectivity index (χ4n) is 2.24. The lowest BCUT2D eigenvalue weighted by atomic mass is 10.0. The molecule has 0 amide bonds. The van der Waals surface area contributed by atoms with Crippen LogP contribution in [0.5, 0.6) is 5.75 Å². The molecule has 0 saturated heterocycles. The third-order valence-electron chi connectivity index (χ3n) is 3.40. The molecule has 2 aromatic heterocycles. The summed E-state index contributed by atoms with van der Waals surface area (Å²) in [6.07, 6.45) is 0. The number of thiophene rings is 2. The van der Waals surface area contributed by atoms with Gasteiger partial charge in [-0.1, -0.05) is 35.1 Å². The highest BCUT2D eigenvalue weighted by Gasteiger charge is 2.31. The van der Waals surface area contributed by atoms with Crippen molar-refractivity contribution in [2.24, 2.45) is 0 Å². The van der Waals surface area contributed by atoms with Gasteiger partial charge in [-0.3, -0.25) is 0 Å². The topological polar surface area (TPSA) is 77.6 Å². The zero-order valence-electron chi connectivity index (χ0n) is 12.1. The van der Waals surface area contributed by atoms with E-state index >= 15 is 0 Å². The van der Waals surface area contributed by atoms with Gasteiger partial charge in [0.25, 0.3) is 0 Å². The first-order valence-electron chi connectivity index (χ1n) is 6.76. The van der Waals surface area contributed by atoms with E-state index in [1.807, 2.05) is 0 Å². The number of carbonyl (C=O) groups is 1. The molecule has 0 fully saturated rings. The molecule has 0 spiro atoms. The van der Waals surface area contributed by atoms with Crippen LogP contribution in [0.25, 0.3) is 11.1 Å². The van der Waals surface area contributed by atoms with E-state index in [-0.39, 0.29) is 22.9 Å². The van der Waals surface area contributed by atoms with Gasteiger partial charge in [0.05, 0.1) is 10.3 Å². The zero-order chi connectivity index (χ0) is 17.3. The maximum absolute atomic E-state index is 12.4. The van der Waals surface area contributed by atoms with Crippen molar-refractivity contribution in [2.45, 2.75) is 6.54 Å². The van der Waals surface area contributed by atoms with E-state index in [1.165, 1.54) is 16.7 Å². The van der Waals surface area contributed by atoms with Crippen LogP contribution in [-0.2, 0) is 6.54 Å². The number of halogens is 1. The lowest BCUT2D eigenvalue weighted by Gasteiger charge is -2.00. The van der Waals surface area contributed by atoms with Gasteiger partial charge in [0, 0.05) is 31.6 Å². The van der Waals surface area contributed by atoms with E-state index in [9.17, 15) is 19.9 Å². The second-order valence-electron chi connectivity index (χ2n) is 4.96. The monoisotopic (exact) mass is 380 g/mol. The van der Waals surface area contributed by atoms with E-state index < -0.39 is 5.97 Å². The van der Waals surface area contributed by atoms with E-state index in [0.29, 0.717) is 26.5 Å². The van der Waals surface area contributed by atoms with E-state index in [4.69, 9.17) is 11.6 Å². The summed E-state index contributed by atoms with van der Waals surface area (Å²) < 4.78 is 0.593. The van der Waals surface area contributed by atoms with Crippen LogP contribution in [0.3, 0.4) is 0 Å². The first kappa shape index (κ1) is 16.6. The zero-order valence-corrected chi connectivity index (χ0v) is 14.5. The Morgan fingerprint density at radius 2 is 1.88 bits per heavy atom. The van der Waals surface area contributed by atoms with Crippen molar-refractivity contribution in [1.82, 2.24) is 0 Å². The van der Waals surface area contributed by atoms with Gasteiger partial charge in [-0.15, -0.1) is 11.3 Å². The molecule has 3 rings (SSSR count). The highest BCUT2D eigenvalue weighted by molar-refractivity contribution is 7.14. The molecule has 0 saturated carbocycles. The first-order chi connectivity index (χ1) is 11.5. The highest BCUT2D eigenvalue weighted by atomic mass is 35.5. The fourth-order valence-corrected chi connectivity index (χ4v) is 4.06. The number of hydrogen-bond donors (Lipinski definition) is 2. The van der Waals surface area contributed by atoms with Crippen molar-refractivity contribution >= 4 is 45.2 Å². The fraction of sp³-hybridized carbons (Fsp3) is 0.0625. The summed E-state index contributed by atoms with van der Waals surface area (Å²) >= 11 is 8.19. The molecule has 0 aliphatic heterocycles. The summed E-state index contributed by atoms with van der Waals surface area (Å²) in [5.41, 5.74) is 1.56. The Kier molecular flexibility index (Phi) is 4.66. The Bertz CT molecular complexity index is 915. The molecule has 1 aromatic carbocycles. The van der Waals surface area contributed by atoms with Gasteiger partial charge in [-0.25, -0.2) is 4.79 Å². The van der Waals surface area contributed by atoms with Crippen molar-refractivity contribution < 1.29 is 19.8 Å². The van der Waals surface area contributed by atoms with Crippen LogP contribution in [0.1, 0.15) is 15.9 Å². The third-order valence-corrected chi connectivity index (χ3v) is 5.42. The third kappa shape index (κ3) is 3.19. The minimum atomic E-state index is -1.17. The molecule has 8 heteroatoms. The molecule has 122 valence electrons. The molecule has 2 N–H and O–H groups in total. The number of nitrogens with zero attached hydrogens (tertiary/aromatic N) is 1. The molecule has 24 heavy (non-hydrogen) atoms. The molecular formula is C16H11ClNO4S2+. The van der Waals surface area contributed by atoms with Crippen LogP contribution in [0.15, 0.2) is 40.4 Å². The van der Waals surface area contributed by atoms with Crippen molar-refractivity contribution in [1.29, 1.82) is 0 Å². The minimum Gasteiger partial charge on any atom is -0.507 e. The maximum atomic E-state index is 12.4. The average molecular weight is 381 g/mol. The number of benzene rings is 1. The van der Waals surface area contributed by atoms with Crippen LogP contribution in [0, 0.1) is 4.91 Å². The van der Waals surface area contributed by atoms with Crippen LogP contribution in [-0.4, -0.2) is 20.9 Å². The van der Waals surface area contributed by atoms with Crippen molar-refractivity contribution in [3.05, 3.63) is 61.5 Å². The van der Waals surface area contributed by atoms with Crippen LogP contribution >= 0.6 is 34.3 Å². The minimum absolute atomic E-state index is 0.0344. The van der Waals surface area contributed by atoms with Gasteiger partial charge < -0.3 is 10.2 Å². The molecule has 3 aromatic rings. The highest BCUT2D eigenvalue weighted by Crippen LogP contribution is 2.38. The lowest BCUT2D eigenvalue weighted by Crippen LogP contribution is -2.05. The number of nitroso groups, excluding NO2 is 1. The summed E-state index contributed by atoms with van der Waals surface area (Å²) in [5, 5.41) is 24.7. The average Bonchev–Trinajstić information content (AvgIpc) is 3.15. The van der Waals surface area contributed by atoms with E-state index in [0.717, 1.165) is 11.3 Å². The van der Waals surface area contributed by atoms with Gasteiger partial charge >= 0.3 is 11.0 Å². The Morgan fingerprint density at radius 1 is 1.17 bits per heavy atom. The Balaban J connectivity index is 2.00. The predicted octanol–water partition coefficient (Wildman–Crippen LogP) is 5.14. The maximum Gasteiger partial charge on any atom is 0.344 e. The van der Waals surface area contributed by atoms with Gasteiger partial charge in [0.2, 0.25) is 6.54 Å². The number of carboxylic acids is 1. The van der Waals surface area contributed by atoms with Gasteiger partial charge in [-0.2, -0.15) is 0 Å². The molecular weight excluding hydrogens is 370 g/mol. The summed E-state index contributed by atoms with van der Waals surface area (Å²) in [4.78, 5) is 24.1. The van der Waals surface area contributed by atoms with E-state index in [1.54, 1.807) is 35.0 Å². The molecule has 0 aliphatic rings. The predicted molar refractivity (Wildman–Crippen MR) is 94.7 cm³/mol. The first-order valence-corrected chi connectivity index (χ1v) is 8.97. The number of aromatic carboxylic acids is 1. The molecule has 0 bridgehead atoms. The van der Waals surface area contributed by atoms with Crippen molar-refractivity contribution in [2.75, 3.05) is 0 Å². The number of rotatable bonds is 5. The smallest absolute Gasteiger partial charge is 0.344 e. The van der Waals surface area contributed by atoms with Crippen LogP contribution in [0.2, 0.25) is 5.02 Å². The largest absolute Gasteiger partial charge is 0.507 e. The van der Waals surface area contributed by atoms with Crippen molar-refractivity contribution in [3.8, 4) is 16.9 Å². The Labute approximate surface area is 150 Å². The van der Waals surface area contributed by atoms with Gasteiger partial charge in [-0.05, 0) is 17.7 Å². The lowest BCUT2D eigenvalue weighted by molar-refractivity contribution is -0.476. The molecule has 2 heterocycles. The Hall–Kier alpha value is -2.22. The summed E-state index contributed by atoms with van der Waals surface area (Å²) in [6.45, 7) is -0.115. The second-order valence-corrected chi connectivity index (χ2v) is 7.00. The standard InChI is InChI=1S/C16H10ClNO4S2/c17-11-3-1-9(2-4-11)12-7-24-15(14(12)16(20)21)18(22)5-10-6-23-8-13(10)19/h1-4,6-8H,5H2,(H-,19,20,21)/p+1. The summed E-state index contributed by atoms with van der Waals surface area (Å²) in [5.74, 6) is -1.14. The molecule has 0 atom stereocenters. The quantitative estimate of drug-likeness (QED) is 0.600. The number of carboxylic acid groups (broad SMARTS) is 1. The van der Waals surface area contributed by atoms with Gasteiger partial charge in [0.1, 0.15) is 5.75 Å². The summed E-state index contributed by atoms with van der Waals surface area (Å²) in [7, 11) is 0. The summed E-state index contributed by atoms with van der Waals surface area (Å²) in [6, 6.07) is 6.75. The molecule has 0 radical (unpaired) electrons. The normalized spacial score (nSPS) is 10.7. The van der Waals surface area contributed by atoms with Crippen LogP contribution in [0.4, 0.5) is 5.00 Å². The SMILES string of the molecule is O=C(O)c1c(-c2ccc(Cl)cc2)csc1[N+](=O)Cc1cscc1O. The number of hydrogen-bond acceptors (Lipinski definition) is 5. The van der Waals surface area contributed by atoms with Crippen LogP contribution < -0.4 is 0 Å².